The van der Waals surface area contributed by atoms with Crippen LogP contribution in [0.4, 0.5) is 9.18 Å². The van der Waals surface area contributed by atoms with Gasteiger partial charge in [-0.15, -0.1) is 0 Å². The van der Waals surface area contributed by atoms with Crippen molar-refractivity contribution in [1.29, 1.82) is 0 Å². The number of rotatable bonds is 1. The number of alkyl halides is 1. The molecule has 1 aliphatic heterocycles. The minimum absolute atomic E-state index is 0.282. The zero-order valence-corrected chi connectivity index (χ0v) is 11.1. The minimum Gasteiger partial charge on any atom is -0.444 e. The molecule has 1 saturated heterocycles. The van der Waals surface area contributed by atoms with E-state index in [-0.39, 0.29) is 18.9 Å². The van der Waals surface area contributed by atoms with Crippen molar-refractivity contribution in [3.63, 3.8) is 0 Å². The molecule has 0 aromatic carbocycles. The normalized spacial score (nSPS) is 22.1. The van der Waals surface area contributed by atoms with E-state index in [1.54, 1.807) is 11.8 Å². The highest BCUT2D eigenvalue weighted by Crippen LogP contribution is 2.29. The molecule has 2 N–H and O–H groups in total. The lowest BCUT2D eigenvalue weighted by Gasteiger charge is -2.38. The van der Waals surface area contributed by atoms with Crippen LogP contribution in [0.2, 0.25) is 0 Å². The van der Waals surface area contributed by atoms with Crippen LogP contribution in [-0.4, -0.2) is 41.4 Å². The molecular weight excluding hydrogens is 223 g/mol. The molecule has 0 aromatic rings. The highest BCUT2D eigenvalue weighted by molar-refractivity contribution is 5.68. The summed E-state index contributed by atoms with van der Waals surface area (Å²) in [6, 6.07) is -0.497. The molecule has 17 heavy (non-hydrogen) atoms. The van der Waals surface area contributed by atoms with E-state index in [0.717, 1.165) is 0 Å². The predicted octanol–water partition coefficient (Wildman–Crippen LogP) is 2.07. The van der Waals surface area contributed by atoms with Gasteiger partial charge in [-0.05, 0) is 27.7 Å². The molecule has 0 aromatic heterocycles. The van der Waals surface area contributed by atoms with E-state index in [1.807, 2.05) is 20.8 Å². The van der Waals surface area contributed by atoms with Crippen molar-refractivity contribution in [2.24, 2.45) is 5.73 Å². The van der Waals surface area contributed by atoms with Crippen LogP contribution < -0.4 is 5.73 Å². The highest BCUT2D eigenvalue weighted by Gasteiger charge is 2.39. The smallest absolute Gasteiger partial charge is 0.410 e. The van der Waals surface area contributed by atoms with Gasteiger partial charge in [0.25, 0.3) is 0 Å². The molecule has 0 saturated carbocycles. The standard InChI is InChI=1S/C12H23FN2O2/c1-9(14)12(13)5-7-15(8-6-12)10(16)17-11(2,3)4/h9H,5-8,14H2,1-4H3/t9-/m0/s1. The summed E-state index contributed by atoms with van der Waals surface area (Å²) in [5.74, 6) is 0. The molecule has 5 heteroatoms. The van der Waals surface area contributed by atoms with Gasteiger partial charge in [0.1, 0.15) is 11.3 Å². The molecule has 100 valence electrons. The van der Waals surface area contributed by atoms with Crippen LogP contribution in [0.1, 0.15) is 40.5 Å². The van der Waals surface area contributed by atoms with Gasteiger partial charge in [-0.2, -0.15) is 0 Å². The Morgan fingerprint density at radius 2 is 1.88 bits per heavy atom. The summed E-state index contributed by atoms with van der Waals surface area (Å²) in [5.41, 5.74) is 3.75. The topological polar surface area (TPSA) is 55.6 Å². The molecular formula is C12H23FN2O2. The zero-order chi connectivity index (χ0) is 13.3. The van der Waals surface area contributed by atoms with Crippen molar-refractivity contribution >= 4 is 6.09 Å². The van der Waals surface area contributed by atoms with Crippen molar-refractivity contribution in [3.05, 3.63) is 0 Å². The van der Waals surface area contributed by atoms with Crippen LogP contribution in [0.15, 0.2) is 0 Å². The molecule has 0 bridgehead atoms. The summed E-state index contributed by atoms with van der Waals surface area (Å²) >= 11 is 0. The number of amides is 1. The zero-order valence-electron chi connectivity index (χ0n) is 11.1. The van der Waals surface area contributed by atoms with Crippen molar-refractivity contribution in [3.8, 4) is 0 Å². The average Bonchev–Trinajstić information content (AvgIpc) is 2.15. The third kappa shape index (κ3) is 3.84. The molecule has 1 fully saturated rings. The number of nitrogens with two attached hydrogens (primary N) is 1. The molecule has 1 rings (SSSR count). The molecule has 1 amide bonds. The van der Waals surface area contributed by atoms with E-state index < -0.39 is 17.3 Å². The highest BCUT2D eigenvalue weighted by atomic mass is 19.1. The number of hydrogen-bond acceptors (Lipinski definition) is 3. The van der Waals surface area contributed by atoms with Crippen LogP contribution in [0.25, 0.3) is 0 Å². The maximum absolute atomic E-state index is 14.2. The quantitative estimate of drug-likeness (QED) is 0.770. The Hall–Kier alpha value is -0.840. The van der Waals surface area contributed by atoms with Crippen LogP contribution in [-0.2, 0) is 4.74 Å². The number of piperidine rings is 1. The van der Waals surface area contributed by atoms with Crippen molar-refractivity contribution < 1.29 is 13.9 Å². The largest absolute Gasteiger partial charge is 0.444 e. The van der Waals surface area contributed by atoms with Gasteiger partial charge >= 0.3 is 6.09 Å². The van der Waals surface area contributed by atoms with Crippen LogP contribution in [0.5, 0.6) is 0 Å². The first-order valence-corrected chi connectivity index (χ1v) is 6.06. The molecule has 0 spiro atoms. The number of halogens is 1. The number of carbonyl (C=O) groups is 1. The van der Waals surface area contributed by atoms with Crippen molar-refractivity contribution in [2.45, 2.75) is 57.8 Å². The van der Waals surface area contributed by atoms with Crippen LogP contribution >= 0.6 is 0 Å². The third-order valence-electron chi connectivity index (χ3n) is 3.06. The second-order valence-electron chi connectivity index (χ2n) is 5.79. The lowest BCUT2D eigenvalue weighted by atomic mass is 9.87. The van der Waals surface area contributed by atoms with Gasteiger partial charge in [0.15, 0.2) is 0 Å². The SMILES string of the molecule is C[C@H](N)C1(F)CCN(C(=O)OC(C)(C)C)CC1. The Morgan fingerprint density at radius 3 is 2.24 bits per heavy atom. The van der Waals surface area contributed by atoms with Crippen molar-refractivity contribution in [1.82, 2.24) is 4.90 Å². The van der Waals surface area contributed by atoms with Crippen molar-refractivity contribution in [2.75, 3.05) is 13.1 Å². The summed E-state index contributed by atoms with van der Waals surface area (Å²) < 4.78 is 19.4. The number of ether oxygens (including phenoxy) is 1. The monoisotopic (exact) mass is 246 g/mol. The van der Waals surface area contributed by atoms with E-state index in [2.05, 4.69) is 0 Å². The number of hydrogen-bond donors (Lipinski definition) is 1. The Morgan fingerprint density at radius 1 is 1.41 bits per heavy atom. The Labute approximate surface area is 102 Å². The summed E-state index contributed by atoms with van der Waals surface area (Å²) in [5, 5.41) is 0. The van der Waals surface area contributed by atoms with Gasteiger partial charge in [-0.1, -0.05) is 0 Å². The molecule has 1 atom stereocenters. The van der Waals surface area contributed by atoms with Gasteiger partial charge in [0.2, 0.25) is 0 Å². The van der Waals surface area contributed by atoms with E-state index >= 15 is 0 Å². The van der Waals surface area contributed by atoms with E-state index in [1.165, 1.54) is 0 Å². The first-order chi connectivity index (χ1) is 7.64. The predicted molar refractivity (Wildman–Crippen MR) is 64.5 cm³/mol. The minimum atomic E-state index is -1.35. The summed E-state index contributed by atoms with van der Waals surface area (Å²) in [6.07, 6.45) is 0.192. The fourth-order valence-corrected chi connectivity index (χ4v) is 1.84. The average molecular weight is 246 g/mol. The lowest BCUT2D eigenvalue weighted by molar-refractivity contribution is -0.00148. The van der Waals surface area contributed by atoms with Gasteiger partial charge in [-0.3, -0.25) is 0 Å². The summed E-state index contributed by atoms with van der Waals surface area (Å²) in [7, 11) is 0. The number of likely N-dealkylation sites (tertiary alicyclic amines) is 1. The first-order valence-electron chi connectivity index (χ1n) is 6.06. The van der Waals surface area contributed by atoms with E-state index in [4.69, 9.17) is 10.5 Å². The summed E-state index contributed by atoms with van der Waals surface area (Å²) in [4.78, 5) is 13.3. The molecule has 1 aliphatic rings. The fourth-order valence-electron chi connectivity index (χ4n) is 1.84. The first kappa shape index (κ1) is 14.2. The number of carbonyl (C=O) groups excluding carboxylic acids is 1. The van der Waals surface area contributed by atoms with Gasteiger partial charge in [0.05, 0.1) is 0 Å². The molecule has 0 aliphatic carbocycles. The van der Waals surface area contributed by atoms with Crippen LogP contribution in [0, 0.1) is 0 Å². The van der Waals surface area contributed by atoms with E-state index in [9.17, 15) is 9.18 Å². The molecule has 0 radical (unpaired) electrons. The fraction of sp³-hybridized carbons (Fsp3) is 0.917. The molecule has 0 unspecified atom stereocenters. The second kappa shape index (κ2) is 4.80. The maximum atomic E-state index is 14.2. The Bertz CT molecular complexity index is 279. The Balaban J connectivity index is 2.50. The van der Waals surface area contributed by atoms with Gasteiger partial charge in [0, 0.05) is 32.0 Å². The molecule has 4 nitrogen and oxygen atoms in total. The van der Waals surface area contributed by atoms with Crippen LogP contribution in [0.3, 0.4) is 0 Å². The third-order valence-corrected chi connectivity index (χ3v) is 3.06. The molecule has 1 heterocycles. The maximum Gasteiger partial charge on any atom is 0.410 e. The number of nitrogens with zero attached hydrogens (tertiary/aromatic N) is 1. The summed E-state index contributed by atoms with van der Waals surface area (Å²) in [6.45, 7) is 7.85. The Kier molecular flexibility index (Phi) is 4.02. The van der Waals surface area contributed by atoms with Gasteiger partial charge in [-0.25, -0.2) is 9.18 Å². The second-order valence-corrected chi connectivity index (χ2v) is 5.79. The lowest BCUT2D eigenvalue weighted by Crippen LogP contribution is -2.52. The van der Waals surface area contributed by atoms with E-state index in [0.29, 0.717) is 13.1 Å². The van der Waals surface area contributed by atoms with Gasteiger partial charge < -0.3 is 15.4 Å².